The largest absolute Gasteiger partial charge is 0.390 e. The van der Waals surface area contributed by atoms with Crippen LogP contribution in [0.15, 0.2) is 47.6 Å². The van der Waals surface area contributed by atoms with Crippen LogP contribution in [0.25, 0.3) is 0 Å². The lowest BCUT2D eigenvalue weighted by molar-refractivity contribution is 0.0683. The van der Waals surface area contributed by atoms with Gasteiger partial charge in [0.05, 0.1) is 11.7 Å². The molecule has 0 unspecified atom stereocenters. The average Bonchev–Trinajstić information content (AvgIpc) is 2.99. The van der Waals surface area contributed by atoms with Crippen molar-refractivity contribution in [3.63, 3.8) is 0 Å². The Bertz CT molecular complexity index is 690. The number of hydrogen-bond donors (Lipinski definition) is 2. The van der Waals surface area contributed by atoms with Crippen molar-refractivity contribution in [3.05, 3.63) is 47.6 Å². The molecular weight excluding hydrogens is 356 g/mol. The second-order valence-corrected chi connectivity index (χ2v) is 10.8. The fourth-order valence-corrected chi connectivity index (χ4v) is 6.19. The molecule has 0 aromatic heterocycles. The SMILES string of the molecule is C=C1CC/C(=C/C=C2\CCC[C@]3(C)[C@@H](C(=C)CCCC(C)(C)O)CC[C@@H]23)C[C@H]1O. The molecule has 3 saturated carbocycles. The lowest BCUT2D eigenvalue weighted by Crippen LogP contribution is -2.34. The van der Waals surface area contributed by atoms with E-state index in [0.717, 1.165) is 44.1 Å². The van der Waals surface area contributed by atoms with Crippen LogP contribution in [0, 0.1) is 17.3 Å². The maximum atomic E-state index is 10.1. The normalized spacial score (nSPS) is 35.9. The molecule has 3 aliphatic rings. The van der Waals surface area contributed by atoms with Crippen molar-refractivity contribution in [3.8, 4) is 0 Å². The molecule has 2 N–H and O–H groups in total. The van der Waals surface area contributed by atoms with E-state index in [1.807, 2.05) is 13.8 Å². The van der Waals surface area contributed by atoms with Crippen LogP contribution >= 0.6 is 0 Å². The fraction of sp³-hybridized carbons (Fsp3) is 0.704. The van der Waals surface area contributed by atoms with Gasteiger partial charge in [0.1, 0.15) is 0 Å². The van der Waals surface area contributed by atoms with Crippen LogP contribution in [0.1, 0.15) is 91.4 Å². The molecule has 0 heterocycles. The summed E-state index contributed by atoms with van der Waals surface area (Å²) in [6.45, 7) is 14.8. The zero-order chi connectivity index (χ0) is 21.2. The zero-order valence-electron chi connectivity index (χ0n) is 19.0. The van der Waals surface area contributed by atoms with Crippen molar-refractivity contribution >= 4 is 0 Å². The van der Waals surface area contributed by atoms with Crippen molar-refractivity contribution in [2.45, 2.75) is 103 Å². The third-order valence-corrected chi connectivity index (χ3v) is 7.97. The highest BCUT2D eigenvalue weighted by Gasteiger charge is 2.49. The Morgan fingerprint density at radius 3 is 2.66 bits per heavy atom. The van der Waals surface area contributed by atoms with Crippen molar-refractivity contribution < 1.29 is 10.2 Å². The number of aliphatic hydroxyl groups excluding tert-OH is 1. The van der Waals surface area contributed by atoms with Gasteiger partial charge in [-0.15, -0.1) is 0 Å². The summed E-state index contributed by atoms with van der Waals surface area (Å²) in [5.74, 6) is 1.29. The molecule has 0 aromatic rings. The van der Waals surface area contributed by atoms with Gasteiger partial charge < -0.3 is 10.2 Å². The van der Waals surface area contributed by atoms with Gasteiger partial charge >= 0.3 is 0 Å². The molecular formula is C27H42O2. The van der Waals surface area contributed by atoms with Crippen LogP contribution in [0.2, 0.25) is 0 Å². The topological polar surface area (TPSA) is 40.5 Å². The minimum atomic E-state index is -0.574. The summed E-state index contributed by atoms with van der Waals surface area (Å²) in [4.78, 5) is 0. The van der Waals surface area contributed by atoms with E-state index in [2.05, 4.69) is 32.2 Å². The second-order valence-electron chi connectivity index (χ2n) is 10.8. The quantitative estimate of drug-likeness (QED) is 0.491. The molecule has 0 spiro atoms. The lowest BCUT2D eigenvalue weighted by Gasteiger charge is -2.43. The highest BCUT2D eigenvalue weighted by atomic mass is 16.3. The van der Waals surface area contributed by atoms with Gasteiger partial charge in [-0.25, -0.2) is 0 Å². The van der Waals surface area contributed by atoms with Gasteiger partial charge in [0.2, 0.25) is 0 Å². The van der Waals surface area contributed by atoms with E-state index >= 15 is 0 Å². The Balaban J connectivity index is 1.66. The number of aliphatic hydroxyl groups is 2. The molecule has 3 fully saturated rings. The predicted molar refractivity (Wildman–Crippen MR) is 123 cm³/mol. The van der Waals surface area contributed by atoms with Crippen molar-refractivity contribution in [2.24, 2.45) is 17.3 Å². The van der Waals surface area contributed by atoms with Gasteiger partial charge in [0, 0.05) is 0 Å². The lowest BCUT2D eigenvalue weighted by atomic mass is 9.62. The van der Waals surface area contributed by atoms with Crippen LogP contribution in [0.5, 0.6) is 0 Å². The van der Waals surface area contributed by atoms with Crippen molar-refractivity contribution in [2.75, 3.05) is 0 Å². The summed E-state index contributed by atoms with van der Waals surface area (Å²) in [5, 5.41) is 20.1. The molecule has 2 heteroatoms. The van der Waals surface area contributed by atoms with E-state index < -0.39 is 5.60 Å². The fourth-order valence-electron chi connectivity index (χ4n) is 6.19. The van der Waals surface area contributed by atoms with Gasteiger partial charge in [-0.2, -0.15) is 0 Å². The van der Waals surface area contributed by atoms with Crippen molar-refractivity contribution in [1.29, 1.82) is 0 Å². The number of allylic oxidation sites excluding steroid dienone is 4. The zero-order valence-corrected chi connectivity index (χ0v) is 19.0. The smallest absolute Gasteiger partial charge is 0.0784 e. The molecule has 0 bridgehead atoms. The van der Waals surface area contributed by atoms with E-state index in [1.54, 1.807) is 5.57 Å². The molecule has 0 aliphatic heterocycles. The minimum absolute atomic E-state index is 0.342. The van der Waals surface area contributed by atoms with Crippen molar-refractivity contribution in [1.82, 2.24) is 0 Å². The first-order valence-electron chi connectivity index (χ1n) is 11.7. The number of fused-ring (bicyclic) bond motifs is 1. The highest BCUT2D eigenvalue weighted by Crippen LogP contribution is 2.59. The van der Waals surface area contributed by atoms with Gasteiger partial charge in [0.15, 0.2) is 0 Å². The first kappa shape index (κ1) is 22.6. The summed E-state index contributed by atoms with van der Waals surface area (Å²) in [5.41, 5.74) is 5.16. The standard InChI is InChI=1S/C27H42O2/c1-19(8-6-16-26(3,4)29)23-14-15-24-22(9-7-17-27(23,24)5)13-12-21-11-10-20(2)25(28)18-21/h12-13,23-25,28-29H,1-2,6-11,14-18H2,3-5H3/b21-12-,22-13+/t23-,24+,25-,27-/m1/s1. The van der Waals surface area contributed by atoms with Crippen LogP contribution in [-0.4, -0.2) is 21.9 Å². The van der Waals surface area contributed by atoms with E-state index in [-0.39, 0.29) is 6.10 Å². The van der Waals surface area contributed by atoms with Gasteiger partial charge in [-0.05, 0) is 107 Å². The molecule has 3 rings (SSSR count). The van der Waals surface area contributed by atoms with E-state index in [9.17, 15) is 10.2 Å². The first-order valence-corrected chi connectivity index (χ1v) is 11.7. The molecule has 0 radical (unpaired) electrons. The van der Waals surface area contributed by atoms with Crippen LogP contribution in [-0.2, 0) is 0 Å². The van der Waals surface area contributed by atoms with Gasteiger partial charge in [-0.1, -0.05) is 49.0 Å². The maximum absolute atomic E-state index is 10.1. The summed E-state index contributed by atoms with van der Waals surface area (Å²) in [6.07, 6.45) is 16.3. The summed E-state index contributed by atoms with van der Waals surface area (Å²) in [7, 11) is 0. The molecule has 0 aromatic carbocycles. The van der Waals surface area contributed by atoms with Gasteiger partial charge in [-0.3, -0.25) is 0 Å². The summed E-state index contributed by atoms with van der Waals surface area (Å²) < 4.78 is 0. The monoisotopic (exact) mass is 398 g/mol. The molecule has 3 aliphatic carbocycles. The Hall–Kier alpha value is -1.12. The Kier molecular flexibility index (Phi) is 6.95. The molecule has 0 saturated heterocycles. The Morgan fingerprint density at radius 2 is 1.97 bits per heavy atom. The number of hydrogen-bond acceptors (Lipinski definition) is 2. The number of rotatable bonds is 6. The highest BCUT2D eigenvalue weighted by molar-refractivity contribution is 5.29. The molecule has 4 atom stereocenters. The van der Waals surface area contributed by atoms with E-state index in [0.29, 0.717) is 17.3 Å². The van der Waals surface area contributed by atoms with E-state index in [4.69, 9.17) is 0 Å². The predicted octanol–water partition coefficient (Wildman–Crippen LogP) is 6.65. The molecule has 2 nitrogen and oxygen atoms in total. The minimum Gasteiger partial charge on any atom is -0.390 e. The average molecular weight is 399 g/mol. The van der Waals surface area contributed by atoms with Crippen LogP contribution < -0.4 is 0 Å². The molecule has 0 amide bonds. The molecule has 29 heavy (non-hydrogen) atoms. The Morgan fingerprint density at radius 1 is 1.21 bits per heavy atom. The summed E-state index contributed by atoms with van der Waals surface area (Å²) in [6, 6.07) is 0. The van der Waals surface area contributed by atoms with Crippen LogP contribution in [0.3, 0.4) is 0 Å². The Labute approximate surface area is 178 Å². The third-order valence-electron chi connectivity index (χ3n) is 7.97. The summed E-state index contributed by atoms with van der Waals surface area (Å²) >= 11 is 0. The molecule has 162 valence electrons. The maximum Gasteiger partial charge on any atom is 0.0784 e. The second kappa shape index (κ2) is 8.94. The van der Waals surface area contributed by atoms with E-state index in [1.165, 1.54) is 43.3 Å². The van der Waals surface area contributed by atoms with Crippen LogP contribution in [0.4, 0.5) is 0 Å². The van der Waals surface area contributed by atoms with Gasteiger partial charge in [0.25, 0.3) is 0 Å². The first-order chi connectivity index (χ1) is 13.6. The third kappa shape index (κ3) is 5.33.